The maximum Gasteiger partial charge on any atom is 0.0926 e. The molecule has 3 N–H and O–H groups in total. The third-order valence-electron chi connectivity index (χ3n) is 4.48. The van der Waals surface area contributed by atoms with Gasteiger partial charge in [-0.1, -0.05) is 0 Å². The van der Waals surface area contributed by atoms with Crippen LogP contribution in [-0.2, 0) is 26.1 Å². The fourth-order valence-corrected chi connectivity index (χ4v) is 3.42. The van der Waals surface area contributed by atoms with E-state index in [-0.39, 0.29) is 31.4 Å². The van der Waals surface area contributed by atoms with Gasteiger partial charge in [0.1, 0.15) is 0 Å². The minimum atomic E-state index is -0.600. The molecule has 0 aromatic carbocycles. The lowest BCUT2D eigenvalue weighted by atomic mass is 9.99. The van der Waals surface area contributed by atoms with Crippen LogP contribution in [0, 0.1) is 0 Å². The van der Waals surface area contributed by atoms with Gasteiger partial charge in [0.15, 0.2) is 0 Å². The third-order valence-corrected chi connectivity index (χ3v) is 4.48. The van der Waals surface area contributed by atoms with Gasteiger partial charge in [-0.05, 0) is 19.9 Å². The van der Waals surface area contributed by atoms with E-state index in [1.54, 1.807) is 0 Å². The second-order valence-electron chi connectivity index (χ2n) is 5.96. The van der Waals surface area contributed by atoms with Gasteiger partial charge in [-0.3, -0.25) is 9.58 Å². The highest BCUT2D eigenvalue weighted by molar-refractivity contribution is 5.85. The monoisotopic (exact) mass is 352 g/mol. The summed E-state index contributed by atoms with van der Waals surface area (Å²) in [5.74, 6) is 0. The summed E-state index contributed by atoms with van der Waals surface area (Å²) in [4.78, 5) is 2.29. The lowest BCUT2D eigenvalue weighted by Gasteiger charge is -2.33. The highest BCUT2D eigenvalue weighted by Crippen LogP contribution is 2.25. The number of hydrogen-bond donors (Lipinski definition) is 3. The van der Waals surface area contributed by atoms with Crippen molar-refractivity contribution in [3.05, 3.63) is 17.0 Å². The van der Waals surface area contributed by atoms with Crippen molar-refractivity contribution in [2.45, 2.75) is 45.1 Å². The average Bonchev–Trinajstić information content (AvgIpc) is 3.02. The average molecular weight is 353 g/mol. The number of halogens is 2. The standard InChI is InChI=1S/C14H24N4O2.2ClH/c1-2-18-13-3-6-17(7-11(13)12(8-19)16-18)10-14(20)4-5-15-9-14;;/h15,19-20H,2-10H2,1H3;2*1H. The summed E-state index contributed by atoms with van der Waals surface area (Å²) in [6.45, 7) is 6.92. The number of aromatic nitrogens is 2. The molecular formula is C14H26Cl2N4O2. The maximum absolute atomic E-state index is 10.5. The topological polar surface area (TPSA) is 73.5 Å². The Morgan fingerprint density at radius 2 is 2.14 bits per heavy atom. The van der Waals surface area contributed by atoms with Crippen LogP contribution >= 0.6 is 24.8 Å². The van der Waals surface area contributed by atoms with Crippen LogP contribution in [0.1, 0.15) is 30.3 Å². The first kappa shape index (κ1) is 19.7. The molecule has 0 aliphatic carbocycles. The first-order valence-corrected chi connectivity index (χ1v) is 7.49. The zero-order valence-electron chi connectivity index (χ0n) is 12.9. The van der Waals surface area contributed by atoms with Gasteiger partial charge in [0.25, 0.3) is 0 Å². The number of fused-ring (bicyclic) bond motifs is 1. The van der Waals surface area contributed by atoms with Crippen LogP contribution in [0.2, 0.25) is 0 Å². The van der Waals surface area contributed by atoms with Crippen LogP contribution in [0.4, 0.5) is 0 Å². The molecule has 8 heteroatoms. The molecule has 2 aliphatic rings. The molecule has 2 aliphatic heterocycles. The van der Waals surface area contributed by atoms with Crippen LogP contribution in [0.5, 0.6) is 0 Å². The molecule has 0 radical (unpaired) electrons. The summed E-state index contributed by atoms with van der Waals surface area (Å²) in [6, 6.07) is 0. The van der Waals surface area contributed by atoms with Crippen LogP contribution in [-0.4, -0.2) is 56.7 Å². The Labute approximate surface area is 143 Å². The lowest BCUT2D eigenvalue weighted by molar-refractivity contribution is 0.0164. The fourth-order valence-electron chi connectivity index (χ4n) is 3.42. The van der Waals surface area contributed by atoms with Gasteiger partial charge < -0.3 is 15.5 Å². The van der Waals surface area contributed by atoms with Gasteiger partial charge in [-0.15, -0.1) is 24.8 Å². The van der Waals surface area contributed by atoms with Crippen LogP contribution < -0.4 is 5.32 Å². The number of nitrogens with zero attached hydrogens (tertiary/aromatic N) is 3. The van der Waals surface area contributed by atoms with E-state index in [1.807, 2.05) is 4.68 Å². The first-order chi connectivity index (χ1) is 9.65. The summed E-state index contributed by atoms with van der Waals surface area (Å²) < 4.78 is 2.00. The summed E-state index contributed by atoms with van der Waals surface area (Å²) in [6.07, 6.45) is 1.76. The minimum absolute atomic E-state index is 0. The maximum atomic E-state index is 10.5. The molecule has 1 saturated heterocycles. The van der Waals surface area contributed by atoms with Crippen molar-refractivity contribution >= 4 is 24.8 Å². The molecule has 3 heterocycles. The quantitative estimate of drug-likeness (QED) is 0.727. The highest BCUT2D eigenvalue weighted by Gasteiger charge is 2.35. The van der Waals surface area contributed by atoms with E-state index in [2.05, 4.69) is 22.2 Å². The molecule has 128 valence electrons. The first-order valence-electron chi connectivity index (χ1n) is 7.49. The Hall–Kier alpha value is -0.370. The number of aryl methyl sites for hydroxylation is 1. The summed E-state index contributed by atoms with van der Waals surface area (Å²) in [5.41, 5.74) is 2.61. The van der Waals surface area contributed by atoms with Crippen molar-refractivity contribution < 1.29 is 10.2 Å². The van der Waals surface area contributed by atoms with Gasteiger partial charge in [-0.2, -0.15) is 5.10 Å². The molecule has 6 nitrogen and oxygen atoms in total. The van der Waals surface area contributed by atoms with Crippen molar-refractivity contribution in [1.29, 1.82) is 0 Å². The Bertz CT molecular complexity index is 489. The molecule has 1 fully saturated rings. The van der Waals surface area contributed by atoms with E-state index in [9.17, 15) is 10.2 Å². The lowest BCUT2D eigenvalue weighted by Crippen LogP contribution is -2.46. The van der Waals surface area contributed by atoms with Gasteiger partial charge in [0.2, 0.25) is 0 Å². The smallest absolute Gasteiger partial charge is 0.0926 e. The second-order valence-corrected chi connectivity index (χ2v) is 5.96. The minimum Gasteiger partial charge on any atom is -0.390 e. The van der Waals surface area contributed by atoms with Crippen molar-refractivity contribution in [3.63, 3.8) is 0 Å². The van der Waals surface area contributed by atoms with Crippen molar-refractivity contribution in [1.82, 2.24) is 20.0 Å². The number of aliphatic hydroxyl groups is 2. The molecule has 0 saturated carbocycles. The normalized spacial score (nSPS) is 24.5. The Kier molecular flexibility index (Phi) is 7.11. The SMILES string of the molecule is CCn1nc(CO)c2c1CCN(CC1(O)CCNC1)C2.Cl.Cl. The number of rotatable bonds is 4. The predicted molar refractivity (Wildman–Crippen MR) is 89.7 cm³/mol. The van der Waals surface area contributed by atoms with E-state index in [1.165, 1.54) is 5.69 Å². The summed E-state index contributed by atoms with van der Waals surface area (Å²) >= 11 is 0. The molecule has 0 amide bonds. The van der Waals surface area contributed by atoms with Gasteiger partial charge in [0.05, 0.1) is 17.9 Å². The highest BCUT2D eigenvalue weighted by atomic mass is 35.5. The second kappa shape index (κ2) is 7.95. The van der Waals surface area contributed by atoms with E-state index in [0.29, 0.717) is 13.1 Å². The Morgan fingerprint density at radius 3 is 2.73 bits per heavy atom. The van der Waals surface area contributed by atoms with Crippen LogP contribution in [0.3, 0.4) is 0 Å². The van der Waals surface area contributed by atoms with Gasteiger partial charge in [0, 0.05) is 50.4 Å². The van der Waals surface area contributed by atoms with Gasteiger partial charge >= 0.3 is 0 Å². The van der Waals surface area contributed by atoms with E-state index in [4.69, 9.17) is 0 Å². The Morgan fingerprint density at radius 1 is 1.36 bits per heavy atom. The van der Waals surface area contributed by atoms with E-state index in [0.717, 1.165) is 50.3 Å². The van der Waals surface area contributed by atoms with Crippen molar-refractivity contribution in [2.24, 2.45) is 0 Å². The molecule has 1 aromatic rings. The fraction of sp³-hybridized carbons (Fsp3) is 0.786. The summed E-state index contributed by atoms with van der Waals surface area (Å²) in [7, 11) is 0. The zero-order valence-corrected chi connectivity index (χ0v) is 14.5. The van der Waals surface area contributed by atoms with E-state index < -0.39 is 5.60 Å². The number of β-amino-alcohol motifs (C(OH)–C–C–N with tert-alkyl or cyclic N) is 1. The van der Waals surface area contributed by atoms with E-state index >= 15 is 0 Å². The summed E-state index contributed by atoms with van der Waals surface area (Å²) in [5, 5.41) is 27.7. The number of aliphatic hydroxyl groups excluding tert-OH is 1. The molecule has 1 aromatic heterocycles. The largest absolute Gasteiger partial charge is 0.390 e. The Balaban J connectivity index is 0.00000121. The van der Waals surface area contributed by atoms with Crippen LogP contribution in [0.25, 0.3) is 0 Å². The molecular weight excluding hydrogens is 327 g/mol. The molecule has 0 spiro atoms. The molecule has 3 rings (SSSR count). The molecule has 0 bridgehead atoms. The van der Waals surface area contributed by atoms with Crippen molar-refractivity contribution in [3.8, 4) is 0 Å². The van der Waals surface area contributed by atoms with Gasteiger partial charge in [-0.25, -0.2) is 0 Å². The predicted octanol–water partition coefficient (Wildman–Crippen LogP) is 0.321. The molecule has 1 atom stereocenters. The number of nitrogens with one attached hydrogen (secondary N) is 1. The van der Waals surface area contributed by atoms with Crippen LogP contribution in [0.15, 0.2) is 0 Å². The molecule has 22 heavy (non-hydrogen) atoms. The molecule has 1 unspecified atom stereocenters. The third kappa shape index (κ3) is 3.75. The van der Waals surface area contributed by atoms with Crippen molar-refractivity contribution in [2.75, 3.05) is 26.2 Å². The number of hydrogen-bond acceptors (Lipinski definition) is 5. The zero-order chi connectivity index (χ0) is 14.2.